The Bertz CT molecular complexity index is 1260. The molecule has 2 N–H and O–H groups in total. The molecule has 2 amide bonds. The molecule has 156 valence electrons. The number of nitrogens with two attached hydrogens (primary N) is 1. The van der Waals surface area contributed by atoms with Gasteiger partial charge in [0.05, 0.1) is 11.9 Å². The van der Waals surface area contributed by atoms with Crippen LogP contribution in [0.1, 0.15) is 22.9 Å². The first-order chi connectivity index (χ1) is 14.4. The van der Waals surface area contributed by atoms with Crippen LogP contribution in [0, 0.1) is 0 Å². The summed E-state index contributed by atoms with van der Waals surface area (Å²) < 4.78 is 2.49. The molecule has 0 saturated heterocycles. The van der Waals surface area contributed by atoms with Crippen LogP contribution in [0.3, 0.4) is 0 Å². The number of aromatic nitrogens is 2. The van der Waals surface area contributed by atoms with Crippen LogP contribution >= 0.6 is 11.3 Å². The summed E-state index contributed by atoms with van der Waals surface area (Å²) in [6.07, 6.45) is 1.06. The summed E-state index contributed by atoms with van der Waals surface area (Å²) in [5.74, 6) is -0.684. The first-order valence-corrected chi connectivity index (χ1v) is 10.5. The Labute approximate surface area is 176 Å². The van der Waals surface area contributed by atoms with Gasteiger partial charge in [-0.1, -0.05) is 30.3 Å². The van der Waals surface area contributed by atoms with Crippen molar-refractivity contribution in [3.63, 3.8) is 0 Å². The molecule has 2 aromatic heterocycles. The zero-order valence-electron chi connectivity index (χ0n) is 16.6. The van der Waals surface area contributed by atoms with Gasteiger partial charge < -0.3 is 10.6 Å². The van der Waals surface area contributed by atoms with E-state index in [9.17, 15) is 19.2 Å². The van der Waals surface area contributed by atoms with Gasteiger partial charge in [-0.05, 0) is 24.0 Å². The Balaban J connectivity index is 1.86. The quantitative estimate of drug-likeness (QED) is 0.653. The molecule has 1 aliphatic rings. The molecule has 0 saturated carbocycles. The highest BCUT2D eigenvalue weighted by Crippen LogP contribution is 2.33. The van der Waals surface area contributed by atoms with Crippen LogP contribution in [0.25, 0.3) is 10.2 Å². The highest BCUT2D eigenvalue weighted by molar-refractivity contribution is 7.18. The molecular weight excluding hydrogens is 404 g/mol. The highest BCUT2D eigenvalue weighted by atomic mass is 32.1. The number of hydrogen-bond acceptors (Lipinski definition) is 5. The van der Waals surface area contributed by atoms with E-state index in [1.54, 1.807) is 4.90 Å². The number of benzene rings is 1. The normalized spacial score (nSPS) is 13.4. The number of carbonyl (C=O) groups excluding carboxylic acids is 2. The van der Waals surface area contributed by atoms with Crippen molar-refractivity contribution in [2.45, 2.75) is 39.4 Å². The van der Waals surface area contributed by atoms with Crippen LogP contribution in [0.15, 0.2) is 39.9 Å². The van der Waals surface area contributed by atoms with Gasteiger partial charge in [-0.25, -0.2) is 4.79 Å². The number of rotatable bonds is 5. The van der Waals surface area contributed by atoms with E-state index in [0.29, 0.717) is 36.1 Å². The second-order valence-electron chi connectivity index (χ2n) is 7.40. The average Bonchev–Trinajstić information content (AvgIpc) is 3.10. The number of fused-ring (bicyclic) bond motifs is 3. The smallest absolute Gasteiger partial charge is 0.332 e. The van der Waals surface area contributed by atoms with E-state index in [0.717, 1.165) is 16.0 Å². The van der Waals surface area contributed by atoms with Gasteiger partial charge >= 0.3 is 5.69 Å². The lowest BCUT2D eigenvalue weighted by atomic mass is 10.1. The third-order valence-corrected chi connectivity index (χ3v) is 6.67. The molecule has 8 nitrogen and oxygen atoms in total. The molecule has 0 bridgehead atoms. The second kappa shape index (κ2) is 7.91. The van der Waals surface area contributed by atoms with Gasteiger partial charge in [-0.15, -0.1) is 11.3 Å². The average molecular weight is 426 g/mol. The standard InChI is InChI=1S/C21H22N4O4S/c1-13(26)23-9-8-15-16(11-23)30-20-18(15)19(28)24(21(29)25(20)12-17(22)27)10-7-14-5-3-2-4-6-14/h2-6H,7-12H2,1H3,(H2,22,27). The maximum Gasteiger partial charge on any atom is 0.332 e. The number of carbonyl (C=O) groups is 2. The van der Waals surface area contributed by atoms with Crippen molar-refractivity contribution < 1.29 is 9.59 Å². The number of primary amides is 1. The van der Waals surface area contributed by atoms with Crippen molar-refractivity contribution in [3.8, 4) is 0 Å². The van der Waals surface area contributed by atoms with Gasteiger partial charge in [0.25, 0.3) is 5.56 Å². The van der Waals surface area contributed by atoms with Gasteiger partial charge in [-0.2, -0.15) is 0 Å². The number of nitrogens with zero attached hydrogens (tertiary/aromatic N) is 3. The van der Waals surface area contributed by atoms with Crippen LogP contribution < -0.4 is 17.0 Å². The molecule has 0 spiro atoms. The van der Waals surface area contributed by atoms with Crippen molar-refractivity contribution in [3.05, 3.63) is 67.2 Å². The van der Waals surface area contributed by atoms with Crippen molar-refractivity contribution in [2.24, 2.45) is 5.73 Å². The maximum absolute atomic E-state index is 13.3. The topological polar surface area (TPSA) is 107 Å². The molecule has 1 aromatic carbocycles. The summed E-state index contributed by atoms with van der Waals surface area (Å²) in [5.41, 5.74) is 6.38. The van der Waals surface area contributed by atoms with Crippen LogP contribution in [0.5, 0.6) is 0 Å². The van der Waals surface area contributed by atoms with E-state index >= 15 is 0 Å². The second-order valence-corrected chi connectivity index (χ2v) is 8.49. The van der Waals surface area contributed by atoms with Gasteiger partial charge in [0.2, 0.25) is 11.8 Å². The first-order valence-electron chi connectivity index (χ1n) is 9.72. The summed E-state index contributed by atoms with van der Waals surface area (Å²) in [6, 6.07) is 9.59. The fraction of sp³-hybridized carbons (Fsp3) is 0.333. The molecule has 0 radical (unpaired) electrons. The molecule has 0 unspecified atom stereocenters. The van der Waals surface area contributed by atoms with Crippen LogP contribution in [-0.2, 0) is 42.1 Å². The lowest BCUT2D eigenvalue weighted by Crippen LogP contribution is -2.42. The van der Waals surface area contributed by atoms with Gasteiger partial charge in [0.15, 0.2) is 0 Å². The molecular formula is C21H22N4O4S. The summed E-state index contributed by atoms with van der Waals surface area (Å²) in [4.78, 5) is 52.9. The Morgan fingerprint density at radius 2 is 1.87 bits per heavy atom. The summed E-state index contributed by atoms with van der Waals surface area (Å²) in [7, 11) is 0. The van der Waals surface area contributed by atoms with E-state index in [4.69, 9.17) is 5.73 Å². The first kappa shape index (κ1) is 20.1. The number of thiophene rings is 1. The Morgan fingerprint density at radius 3 is 2.53 bits per heavy atom. The van der Waals surface area contributed by atoms with Crippen molar-refractivity contribution in [1.82, 2.24) is 14.0 Å². The molecule has 0 fully saturated rings. The summed E-state index contributed by atoms with van der Waals surface area (Å²) in [5, 5.41) is 0.465. The molecule has 3 heterocycles. The zero-order valence-corrected chi connectivity index (χ0v) is 17.4. The van der Waals surface area contributed by atoms with Gasteiger partial charge in [0, 0.05) is 24.9 Å². The molecule has 4 rings (SSSR count). The molecule has 30 heavy (non-hydrogen) atoms. The Morgan fingerprint density at radius 1 is 1.13 bits per heavy atom. The number of amides is 2. The van der Waals surface area contributed by atoms with E-state index in [1.165, 1.54) is 27.4 Å². The third-order valence-electron chi connectivity index (χ3n) is 5.43. The van der Waals surface area contributed by atoms with E-state index in [2.05, 4.69) is 0 Å². The highest BCUT2D eigenvalue weighted by Gasteiger charge is 2.27. The predicted molar refractivity (Wildman–Crippen MR) is 114 cm³/mol. The van der Waals surface area contributed by atoms with Gasteiger partial charge in [-0.3, -0.25) is 23.5 Å². The Hall–Kier alpha value is -3.20. The molecule has 3 aromatic rings. The van der Waals surface area contributed by atoms with Crippen LogP contribution in [-0.4, -0.2) is 32.4 Å². The molecule has 9 heteroatoms. The van der Waals surface area contributed by atoms with E-state index in [-0.39, 0.29) is 24.6 Å². The minimum atomic E-state index is -0.650. The minimum Gasteiger partial charge on any atom is -0.368 e. The lowest BCUT2D eigenvalue weighted by molar-refractivity contribution is -0.129. The number of hydrogen-bond donors (Lipinski definition) is 1. The Kier molecular flexibility index (Phi) is 5.29. The van der Waals surface area contributed by atoms with Crippen molar-refractivity contribution in [1.29, 1.82) is 0 Å². The maximum atomic E-state index is 13.3. The van der Waals surface area contributed by atoms with Crippen molar-refractivity contribution in [2.75, 3.05) is 6.54 Å². The molecule has 0 aliphatic carbocycles. The third kappa shape index (κ3) is 3.56. The van der Waals surface area contributed by atoms with E-state index in [1.807, 2.05) is 30.3 Å². The SMILES string of the molecule is CC(=O)N1CCc2c(sc3c2c(=O)n(CCc2ccccc2)c(=O)n3CC(N)=O)C1. The summed E-state index contributed by atoms with van der Waals surface area (Å²) >= 11 is 1.29. The summed E-state index contributed by atoms with van der Waals surface area (Å²) in [6.45, 7) is 2.35. The minimum absolute atomic E-state index is 0.0343. The predicted octanol–water partition coefficient (Wildman–Crippen LogP) is 0.857. The lowest BCUT2D eigenvalue weighted by Gasteiger charge is -2.25. The molecule has 0 atom stereocenters. The molecule has 1 aliphatic heterocycles. The number of aryl methyl sites for hydroxylation is 1. The van der Waals surface area contributed by atoms with E-state index < -0.39 is 11.6 Å². The van der Waals surface area contributed by atoms with Crippen molar-refractivity contribution >= 4 is 33.4 Å². The monoisotopic (exact) mass is 426 g/mol. The van der Waals surface area contributed by atoms with Crippen LogP contribution in [0.2, 0.25) is 0 Å². The fourth-order valence-corrected chi connectivity index (χ4v) is 5.25. The fourth-order valence-electron chi connectivity index (χ4n) is 3.90. The van der Waals surface area contributed by atoms with Gasteiger partial charge in [0.1, 0.15) is 11.4 Å². The van der Waals surface area contributed by atoms with Crippen LogP contribution in [0.4, 0.5) is 0 Å². The zero-order chi connectivity index (χ0) is 21.4. The largest absolute Gasteiger partial charge is 0.368 e.